The Bertz CT molecular complexity index is 486. The zero-order chi connectivity index (χ0) is 15.1. The SMILES string of the molecule is O=C(NCCCOc1ccccc1)NC1(C(=O)O)CCC1. The van der Waals surface area contributed by atoms with Gasteiger partial charge < -0.3 is 20.5 Å². The molecule has 1 aromatic rings. The van der Waals surface area contributed by atoms with Gasteiger partial charge >= 0.3 is 12.0 Å². The van der Waals surface area contributed by atoms with E-state index in [1.807, 2.05) is 30.3 Å². The molecule has 2 amide bonds. The summed E-state index contributed by atoms with van der Waals surface area (Å²) in [5.74, 6) is -0.169. The van der Waals surface area contributed by atoms with Gasteiger partial charge in [-0.25, -0.2) is 9.59 Å². The fourth-order valence-corrected chi connectivity index (χ4v) is 2.17. The molecule has 6 nitrogen and oxygen atoms in total. The molecule has 1 aliphatic rings. The summed E-state index contributed by atoms with van der Waals surface area (Å²) in [5, 5.41) is 14.3. The molecule has 114 valence electrons. The molecular weight excluding hydrogens is 272 g/mol. The van der Waals surface area contributed by atoms with Crippen molar-refractivity contribution in [1.82, 2.24) is 10.6 Å². The molecule has 0 bridgehead atoms. The van der Waals surface area contributed by atoms with Crippen LogP contribution in [0.1, 0.15) is 25.7 Å². The predicted molar refractivity (Wildman–Crippen MR) is 77.3 cm³/mol. The zero-order valence-corrected chi connectivity index (χ0v) is 11.8. The van der Waals surface area contributed by atoms with Crippen molar-refractivity contribution in [1.29, 1.82) is 0 Å². The monoisotopic (exact) mass is 292 g/mol. The lowest BCUT2D eigenvalue weighted by Gasteiger charge is -2.38. The summed E-state index contributed by atoms with van der Waals surface area (Å²) in [6.07, 6.45) is 2.47. The van der Waals surface area contributed by atoms with E-state index in [9.17, 15) is 9.59 Å². The van der Waals surface area contributed by atoms with Gasteiger partial charge in [-0.05, 0) is 37.8 Å². The molecule has 1 aliphatic carbocycles. The van der Waals surface area contributed by atoms with Crippen molar-refractivity contribution in [3.8, 4) is 5.75 Å². The average Bonchev–Trinajstić information content (AvgIpc) is 2.43. The van der Waals surface area contributed by atoms with E-state index >= 15 is 0 Å². The fourth-order valence-electron chi connectivity index (χ4n) is 2.17. The summed E-state index contributed by atoms with van der Waals surface area (Å²) in [4.78, 5) is 22.8. The maximum absolute atomic E-state index is 11.7. The summed E-state index contributed by atoms with van der Waals surface area (Å²) in [7, 11) is 0. The van der Waals surface area contributed by atoms with Crippen LogP contribution in [0.3, 0.4) is 0 Å². The van der Waals surface area contributed by atoms with Crippen LogP contribution in [0.5, 0.6) is 5.75 Å². The van der Waals surface area contributed by atoms with E-state index in [2.05, 4.69) is 10.6 Å². The second-order valence-electron chi connectivity index (χ2n) is 5.14. The Morgan fingerprint density at radius 2 is 1.95 bits per heavy atom. The first-order valence-electron chi connectivity index (χ1n) is 7.10. The number of carboxylic acids is 1. The summed E-state index contributed by atoms with van der Waals surface area (Å²) in [6.45, 7) is 0.933. The van der Waals surface area contributed by atoms with Crippen LogP contribution in [-0.2, 0) is 4.79 Å². The van der Waals surface area contributed by atoms with Gasteiger partial charge in [0.25, 0.3) is 0 Å². The minimum Gasteiger partial charge on any atom is -0.494 e. The molecule has 0 heterocycles. The number of hydrogen-bond donors (Lipinski definition) is 3. The summed E-state index contributed by atoms with van der Waals surface area (Å²) >= 11 is 0. The fraction of sp³-hybridized carbons (Fsp3) is 0.467. The molecule has 1 aromatic carbocycles. The lowest BCUT2D eigenvalue weighted by atomic mass is 9.77. The Labute approximate surface area is 123 Å². The van der Waals surface area contributed by atoms with E-state index in [0.29, 0.717) is 32.4 Å². The van der Waals surface area contributed by atoms with Gasteiger partial charge in [-0.15, -0.1) is 0 Å². The van der Waals surface area contributed by atoms with Crippen molar-refractivity contribution in [2.75, 3.05) is 13.2 Å². The molecule has 0 spiro atoms. The van der Waals surface area contributed by atoms with Gasteiger partial charge in [0.2, 0.25) is 0 Å². The third-order valence-electron chi connectivity index (χ3n) is 3.59. The van der Waals surface area contributed by atoms with Gasteiger partial charge in [-0.2, -0.15) is 0 Å². The van der Waals surface area contributed by atoms with Crippen molar-refractivity contribution in [2.24, 2.45) is 0 Å². The first-order valence-corrected chi connectivity index (χ1v) is 7.10. The van der Waals surface area contributed by atoms with E-state index in [1.165, 1.54) is 0 Å². The van der Waals surface area contributed by atoms with Crippen LogP contribution in [0.25, 0.3) is 0 Å². The van der Waals surface area contributed by atoms with E-state index in [4.69, 9.17) is 9.84 Å². The zero-order valence-electron chi connectivity index (χ0n) is 11.8. The van der Waals surface area contributed by atoms with Crippen LogP contribution < -0.4 is 15.4 Å². The van der Waals surface area contributed by atoms with Crippen LogP contribution >= 0.6 is 0 Å². The molecule has 0 radical (unpaired) electrons. The highest BCUT2D eigenvalue weighted by molar-refractivity contribution is 5.87. The van der Waals surface area contributed by atoms with Crippen molar-refractivity contribution in [3.63, 3.8) is 0 Å². The van der Waals surface area contributed by atoms with Crippen LogP contribution in [0, 0.1) is 0 Å². The maximum atomic E-state index is 11.7. The quantitative estimate of drug-likeness (QED) is 0.668. The van der Waals surface area contributed by atoms with Crippen LogP contribution in [0.2, 0.25) is 0 Å². The average molecular weight is 292 g/mol. The normalized spacial score (nSPS) is 15.6. The summed E-state index contributed by atoms with van der Waals surface area (Å²) < 4.78 is 5.49. The third kappa shape index (κ3) is 4.11. The first-order chi connectivity index (χ1) is 10.1. The smallest absolute Gasteiger partial charge is 0.329 e. The highest BCUT2D eigenvalue weighted by Gasteiger charge is 2.45. The van der Waals surface area contributed by atoms with E-state index in [-0.39, 0.29) is 0 Å². The van der Waals surface area contributed by atoms with E-state index in [0.717, 1.165) is 12.2 Å². The topological polar surface area (TPSA) is 87.7 Å². The highest BCUT2D eigenvalue weighted by Crippen LogP contribution is 2.31. The number of para-hydroxylation sites is 1. The Balaban J connectivity index is 1.60. The molecule has 0 unspecified atom stereocenters. The number of nitrogens with one attached hydrogen (secondary N) is 2. The molecule has 6 heteroatoms. The van der Waals surface area contributed by atoms with Gasteiger partial charge in [0.15, 0.2) is 0 Å². The summed E-state index contributed by atoms with van der Waals surface area (Å²) in [6, 6.07) is 9.01. The van der Waals surface area contributed by atoms with E-state index < -0.39 is 17.5 Å². The number of carbonyl (C=O) groups is 2. The van der Waals surface area contributed by atoms with Crippen molar-refractivity contribution < 1.29 is 19.4 Å². The molecule has 0 atom stereocenters. The van der Waals surface area contributed by atoms with Crippen LogP contribution in [0.15, 0.2) is 30.3 Å². The second-order valence-corrected chi connectivity index (χ2v) is 5.14. The molecular formula is C15H20N2O4. The second kappa shape index (κ2) is 6.97. The largest absolute Gasteiger partial charge is 0.494 e. The minimum absolute atomic E-state index is 0.434. The number of rotatable bonds is 7. The van der Waals surface area contributed by atoms with Crippen LogP contribution in [-0.4, -0.2) is 35.8 Å². The van der Waals surface area contributed by atoms with Gasteiger partial charge in [0, 0.05) is 6.54 Å². The number of aliphatic carboxylic acids is 1. The van der Waals surface area contributed by atoms with Gasteiger partial charge in [-0.1, -0.05) is 18.2 Å². The number of benzene rings is 1. The van der Waals surface area contributed by atoms with Crippen LogP contribution in [0.4, 0.5) is 4.79 Å². The Hall–Kier alpha value is -2.24. The molecule has 0 aliphatic heterocycles. The lowest BCUT2D eigenvalue weighted by Crippen LogP contribution is -2.61. The molecule has 0 saturated heterocycles. The van der Waals surface area contributed by atoms with Crippen molar-refractivity contribution in [2.45, 2.75) is 31.2 Å². The number of ether oxygens (including phenoxy) is 1. The minimum atomic E-state index is -1.06. The number of urea groups is 1. The maximum Gasteiger partial charge on any atom is 0.329 e. The molecule has 1 fully saturated rings. The molecule has 1 saturated carbocycles. The number of hydrogen-bond acceptors (Lipinski definition) is 3. The molecule has 21 heavy (non-hydrogen) atoms. The lowest BCUT2D eigenvalue weighted by molar-refractivity contribution is -0.148. The number of carbonyl (C=O) groups excluding carboxylic acids is 1. The first kappa shape index (κ1) is 15.2. The van der Waals surface area contributed by atoms with Gasteiger partial charge in [0.05, 0.1) is 6.61 Å². The van der Waals surface area contributed by atoms with Gasteiger partial charge in [-0.3, -0.25) is 0 Å². The molecule has 2 rings (SSSR count). The third-order valence-corrected chi connectivity index (χ3v) is 3.59. The highest BCUT2D eigenvalue weighted by atomic mass is 16.5. The molecule has 0 aromatic heterocycles. The molecule has 3 N–H and O–H groups in total. The summed E-state index contributed by atoms with van der Waals surface area (Å²) in [5.41, 5.74) is -1.06. The van der Waals surface area contributed by atoms with Crippen molar-refractivity contribution >= 4 is 12.0 Å². The van der Waals surface area contributed by atoms with Gasteiger partial charge in [0.1, 0.15) is 11.3 Å². The van der Waals surface area contributed by atoms with E-state index in [1.54, 1.807) is 0 Å². The van der Waals surface area contributed by atoms with Crippen molar-refractivity contribution in [3.05, 3.63) is 30.3 Å². The number of carboxylic acid groups (broad SMARTS) is 1. The predicted octanol–water partition coefficient (Wildman–Crippen LogP) is 1.76. The Kier molecular flexibility index (Phi) is 5.03. The Morgan fingerprint density at radius 3 is 2.52 bits per heavy atom. The Morgan fingerprint density at radius 1 is 1.24 bits per heavy atom. The number of amides is 2. The standard InChI is InChI=1S/C15H20N2O4/c18-13(19)15(8-4-9-15)17-14(20)16-10-5-11-21-12-6-2-1-3-7-12/h1-3,6-7H,4-5,8-11H2,(H,18,19)(H2,16,17,20).